The van der Waals surface area contributed by atoms with Gasteiger partial charge in [-0.2, -0.15) is 0 Å². The second-order valence-electron chi connectivity index (χ2n) is 8.43. The van der Waals surface area contributed by atoms with E-state index >= 15 is 0 Å². The van der Waals surface area contributed by atoms with Crippen LogP contribution in [0.1, 0.15) is 49.9 Å². The SMILES string of the molecule is CCC(=O)Nc1cc(-c2cc(-c3ccc(C(=O)OC)c(F)c3)no2)ccc1N1CCCCC1C. The molecule has 2 aromatic carbocycles. The van der Waals surface area contributed by atoms with Crippen molar-refractivity contribution in [1.82, 2.24) is 5.16 Å². The average Bonchev–Trinajstić information content (AvgIpc) is 3.34. The molecule has 1 saturated heterocycles. The molecule has 1 aliphatic heterocycles. The van der Waals surface area contributed by atoms with Crippen LogP contribution in [0.3, 0.4) is 0 Å². The van der Waals surface area contributed by atoms with E-state index in [1.165, 1.54) is 25.7 Å². The van der Waals surface area contributed by atoms with Crippen LogP contribution < -0.4 is 10.2 Å². The van der Waals surface area contributed by atoms with Crippen molar-refractivity contribution in [3.63, 3.8) is 0 Å². The van der Waals surface area contributed by atoms with E-state index in [9.17, 15) is 14.0 Å². The second kappa shape index (κ2) is 10.1. The molecule has 1 fully saturated rings. The molecule has 0 bridgehead atoms. The predicted molar refractivity (Wildman–Crippen MR) is 128 cm³/mol. The molecule has 8 heteroatoms. The minimum atomic E-state index is -0.741. The van der Waals surface area contributed by atoms with Gasteiger partial charge in [-0.25, -0.2) is 9.18 Å². The Kier molecular flexibility index (Phi) is 6.95. The van der Waals surface area contributed by atoms with Gasteiger partial charge in [0.2, 0.25) is 5.91 Å². The molecule has 178 valence electrons. The number of benzene rings is 2. The third-order valence-corrected chi connectivity index (χ3v) is 6.17. The number of hydrogen-bond acceptors (Lipinski definition) is 6. The van der Waals surface area contributed by atoms with Crippen LogP contribution in [-0.2, 0) is 9.53 Å². The summed E-state index contributed by atoms with van der Waals surface area (Å²) in [5.41, 5.74) is 3.21. The Morgan fingerprint density at radius 2 is 1.97 bits per heavy atom. The molecule has 0 radical (unpaired) electrons. The van der Waals surface area contributed by atoms with Crippen molar-refractivity contribution >= 4 is 23.3 Å². The Morgan fingerprint density at radius 1 is 1.18 bits per heavy atom. The van der Waals surface area contributed by atoms with Crippen molar-refractivity contribution in [2.75, 3.05) is 23.9 Å². The van der Waals surface area contributed by atoms with Crippen molar-refractivity contribution in [2.24, 2.45) is 0 Å². The first-order valence-corrected chi connectivity index (χ1v) is 11.5. The van der Waals surface area contributed by atoms with E-state index < -0.39 is 11.8 Å². The van der Waals surface area contributed by atoms with E-state index in [4.69, 9.17) is 4.52 Å². The van der Waals surface area contributed by atoms with Crippen molar-refractivity contribution in [1.29, 1.82) is 0 Å². The maximum Gasteiger partial charge on any atom is 0.340 e. The Morgan fingerprint density at radius 3 is 2.68 bits per heavy atom. The van der Waals surface area contributed by atoms with Crippen LogP contribution in [0, 0.1) is 5.82 Å². The largest absolute Gasteiger partial charge is 0.465 e. The zero-order valence-electron chi connectivity index (χ0n) is 19.6. The van der Waals surface area contributed by atoms with Crippen LogP contribution in [0.4, 0.5) is 15.8 Å². The minimum absolute atomic E-state index is 0.0671. The van der Waals surface area contributed by atoms with Crippen LogP contribution in [0.2, 0.25) is 0 Å². The molecular weight excluding hydrogens is 437 g/mol. The van der Waals surface area contributed by atoms with E-state index in [-0.39, 0.29) is 11.5 Å². The van der Waals surface area contributed by atoms with Gasteiger partial charge < -0.3 is 19.5 Å². The summed E-state index contributed by atoms with van der Waals surface area (Å²) >= 11 is 0. The van der Waals surface area contributed by atoms with Gasteiger partial charge in [0.05, 0.1) is 24.0 Å². The molecule has 1 aromatic heterocycles. The zero-order chi connectivity index (χ0) is 24.2. The first kappa shape index (κ1) is 23.5. The van der Waals surface area contributed by atoms with Gasteiger partial charge in [0.15, 0.2) is 5.76 Å². The van der Waals surface area contributed by atoms with Crippen LogP contribution >= 0.6 is 0 Å². The fraction of sp³-hybridized carbons (Fsp3) is 0.346. The van der Waals surface area contributed by atoms with Crippen LogP contribution in [0.5, 0.6) is 0 Å². The van der Waals surface area contributed by atoms with E-state index in [0.717, 1.165) is 36.3 Å². The predicted octanol–water partition coefficient (Wildman–Crippen LogP) is 5.66. The van der Waals surface area contributed by atoms with Crippen molar-refractivity contribution in [3.8, 4) is 22.6 Å². The van der Waals surface area contributed by atoms with E-state index in [2.05, 4.69) is 27.0 Å². The van der Waals surface area contributed by atoms with Gasteiger partial charge in [-0.3, -0.25) is 4.79 Å². The zero-order valence-corrected chi connectivity index (χ0v) is 19.6. The quantitative estimate of drug-likeness (QED) is 0.473. The molecule has 3 aromatic rings. The number of carbonyl (C=O) groups is 2. The molecule has 0 saturated carbocycles. The maximum atomic E-state index is 14.4. The molecule has 0 spiro atoms. The molecule has 0 aliphatic carbocycles. The summed E-state index contributed by atoms with van der Waals surface area (Å²) in [6.07, 6.45) is 3.80. The van der Waals surface area contributed by atoms with Crippen molar-refractivity contribution < 1.29 is 23.2 Å². The smallest absolute Gasteiger partial charge is 0.340 e. The summed E-state index contributed by atoms with van der Waals surface area (Å²) in [7, 11) is 1.20. The van der Waals surface area contributed by atoms with Crippen LogP contribution in [0.15, 0.2) is 47.0 Å². The third-order valence-electron chi connectivity index (χ3n) is 6.17. The Balaban J connectivity index is 1.66. The van der Waals surface area contributed by atoms with Gasteiger partial charge in [-0.05, 0) is 56.5 Å². The number of rotatable bonds is 6. The molecule has 1 aliphatic rings. The summed E-state index contributed by atoms with van der Waals surface area (Å²) in [5, 5.41) is 7.09. The average molecular weight is 466 g/mol. The number of methoxy groups -OCH3 is 1. The van der Waals surface area contributed by atoms with Crippen molar-refractivity contribution in [2.45, 2.75) is 45.6 Å². The highest BCUT2D eigenvalue weighted by molar-refractivity contribution is 5.95. The normalized spacial score (nSPS) is 15.8. The molecular formula is C26H28FN3O4. The molecule has 1 atom stereocenters. The number of halogens is 1. The van der Waals surface area contributed by atoms with Crippen molar-refractivity contribution in [3.05, 3.63) is 53.8 Å². The van der Waals surface area contributed by atoms with Gasteiger partial charge in [0.25, 0.3) is 0 Å². The number of amides is 1. The standard InChI is InChI=1S/C26H28FN3O4/c1-4-25(31)28-22-14-18(9-11-23(22)30-12-6-5-7-16(30)2)24-15-21(29-34-24)17-8-10-19(20(27)13-17)26(32)33-3/h8-11,13-16H,4-7,12H2,1-3H3,(H,28,31). The number of hydrogen-bond donors (Lipinski definition) is 1. The second-order valence-corrected chi connectivity index (χ2v) is 8.43. The number of carbonyl (C=O) groups excluding carboxylic acids is 2. The molecule has 1 N–H and O–H groups in total. The summed E-state index contributed by atoms with van der Waals surface area (Å²) in [5.74, 6) is -1.02. The highest BCUT2D eigenvalue weighted by atomic mass is 19.1. The topological polar surface area (TPSA) is 84.7 Å². The number of anilines is 2. The fourth-order valence-electron chi connectivity index (χ4n) is 4.23. The highest BCUT2D eigenvalue weighted by Gasteiger charge is 2.23. The lowest BCUT2D eigenvalue weighted by Crippen LogP contribution is -2.38. The lowest BCUT2D eigenvalue weighted by molar-refractivity contribution is -0.115. The van der Waals surface area contributed by atoms with Gasteiger partial charge in [-0.1, -0.05) is 18.1 Å². The van der Waals surface area contributed by atoms with Crippen LogP contribution in [-0.4, -0.2) is 36.7 Å². The molecule has 2 heterocycles. The first-order valence-electron chi connectivity index (χ1n) is 11.5. The number of piperidine rings is 1. The molecule has 1 amide bonds. The number of ether oxygens (including phenoxy) is 1. The first-order chi connectivity index (χ1) is 16.4. The van der Waals surface area contributed by atoms with Gasteiger partial charge >= 0.3 is 5.97 Å². The highest BCUT2D eigenvalue weighted by Crippen LogP contribution is 2.36. The Bertz CT molecular complexity index is 1210. The number of aromatic nitrogens is 1. The number of nitrogens with one attached hydrogen (secondary N) is 1. The van der Waals surface area contributed by atoms with E-state index in [1.807, 2.05) is 25.1 Å². The lowest BCUT2D eigenvalue weighted by atomic mass is 10.0. The fourth-order valence-corrected chi connectivity index (χ4v) is 4.23. The number of nitrogens with zero attached hydrogens (tertiary/aromatic N) is 2. The summed E-state index contributed by atoms with van der Waals surface area (Å²) in [6, 6.07) is 12.1. The minimum Gasteiger partial charge on any atom is -0.465 e. The summed E-state index contributed by atoms with van der Waals surface area (Å²) in [4.78, 5) is 26.2. The third kappa shape index (κ3) is 4.81. The summed E-state index contributed by atoms with van der Waals surface area (Å²) in [6.45, 7) is 4.95. The maximum absolute atomic E-state index is 14.4. The number of esters is 1. The van der Waals surface area contributed by atoms with Gasteiger partial charge in [0.1, 0.15) is 11.5 Å². The van der Waals surface area contributed by atoms with Gasteiger partial charge in [-0.15, -0.1) is 0 Å². The molecule has 34 heavy (non-hydrogen) atoms. The lowest BCUT2D eigenvalue weighted by Gasteiger charge is -2.36. The molecule has 7 nitrogen and oxygen atoms in total. The molecule has 4 rings (SSSR count). The Hall–Kier alpha value is -3.68. The van der Waals surface area contributed by atoms with Crippen LogP contribution in [0.25, 0.3) is 22.6 Å². The van der Waals surface area contributed by atoms with Gasteiger partial charge in [0, 0.05) is 36.2 Å². The van der Waals surface area contributed by atoms with E-state index in [0.29, 0.717) is 29.5 Å². The summed E-state index contributed by atoms with van der Waals surface area (Å²) < 4.78 is 24.5. The monoisotopic (exact) mass is 465 g/mol. The Labute approximate surface area is 197 Å². The van der Waals surface area contributed by atoms with E-state index in [1.54, 1.807) is 12.1 Å². The molecule has 1 unspecified atom stereocenters.